The first-order chi connectivity index (χ1) is 8.08. The Morgan fingerprint density at radius 1 is 1.59 bits per heavy atom. The summed E-state index contributed by atoms with van der Waals surface area (Å²) < 4.78 is 18.5. The molecule has 1 aliphatic heterocycles. The maximum absolute atomic E-state index is 13.6. The topological polar surface area (TPSA) is 90.8 Å². The standard InChI is InChI=1S/C10H10FN3O3/c11-8-2-1-6(14(15)16)5-7(8)9-3-4-17-10(12)13-9/h1-2,5,9H,3-4H2,(H2,12,13). The fourth-order valence-corrected chi connectivity index (χ4v) is 1.66. The highest BCUT2D eigenvalue weighted by molar-refractivity contribution is 5.72. The lowest BCUT2D eigenvalue weighted by Gasteiger charge is -2.19. The number of hydrogen-bond donors (Lipinski definition) is 1. The molecule has 0 spiro atoms. The number of ether oxygens (including phenoxy) is 1. The van der Waals surface area contributed by atoms with Crippen molar-refractivity contribution in [3.05, 3.63) is 39.7 Å². The third-order valence-electron chi connectivity index (χ3n) is 2.47. The first-order valence-electron chi connectivity index (χ1n) is 4.98. The number of nitro groups is 1. The minimum atomic E-state index is -0.574. The summed E-state index contributed by atoms with van der Waals surface area (Å²) in [6.07, 6.45) is 0.443. The Bertz CT molecular complexity index is 490. The first kappa shape index (κ1) is 11.3. The van der Waals surface area contributed by atoms with Gasteiger partial charge in [0.1, 0.15) is 5.82 Å². The molecular weight excluding hydrogens is 229 g/mol. The lowest BCUT2D eigenvalue weighted by molar-refractivity contribution is -0.385. The van der Waals surface area contributed by atoms with Crippen LogP contribution < -0.4 is 5.73 Å². The van der Waals surface area contributed by atoms with Crippen molar-refractivity contribution in [1.82, 2.24) is 0 Å². The lowest BCUT2D eigenvalue weighted by Crippen LogP contribution is -2.24. The molecule has 1 aromatic carbocycles. The highest BCUT2D eigenvalue weighted by Gasteiger charge is 2.22. The largest absolute Gasteiger partial charge is 0.465 e. The van der Waals surface area contributed by atoms with Crippen LogP contribution in [-0.2, 0) is 4.74 Å². The van der Waals surface area contributed by atoms with E-state index in [4.69, 9.17) is 10.5 Å². The molecule has 1 heterocycles. The summed E-state index contributed by atoms with van der Waals surface area (Å²) in [7, 11) is 0. The Balaban J connectivity index is 2.40. The summed E-state index contributed by atoms with van der Waals surface area (Å²) in [6, 6.07) is 2.82. The molecule has 1 aromatic rings. The van der Waals surface area contributed by atoms with Crippen molar-refractivity contribution < 1.29 is 14.1 Å². The number of nitro benzene ring substituents is 1. The van der Waals surface area contributed by atoms with Gasteiger partial charge in [-0.25, -0.2) is 9.38 Å². The molecule has 90 valence electrons. The fraction of sp³-hybridized carbons (Fsp3) is 0.300. The predicted molar refractivity (Wildman–Crippen MR) is 58.0 cm³/mol. The lowest BCUT2D eigenvalue weighted by atomic mass is 10.0. The Morgan fingerprint density at radius 3 is 3.00 bits per heavy atom. The van der Waals surface area contributed by atoms with E-state index in [2.05, 4.69) is 4.99 Å². The van der Waals surface area contributed by atoms with Crippen molar-refractivity contribution in [2.75, 3.05) is 6.61 Å². The normalized spacial score (nSPS) is 19.4. The van der Waals surface area contributed by atoms with E-state index < -0.39 is 16.8 Å². The van der Waals surface area contributed by atoms with Crippen molar-refractivity contribution in [2.45, 2.75) is 12.5 Å². The quantitative estimate of drug-likeness (QED) is 0.625. The van der Waals surface area contributed by atoms with Gasteiger partial charge in [-0.2, -0.15) is 0 Å². The zero-order chi connectivity index (χ0) is 12.4. The number of nitrogens with zero attached hydrogens (tertiary/aromatic N) is 2. The molecule has 0 saturated heterocycles. The summed E-state index contributed by atoms with van der Waals surface area (Å²) in [5.74, 6) is -0.529. The third-order valence-corrected chi connectivity index (χ3v) is 2.47. The minimum absolute atomic E-state index is 0.0212. The van der Waals surface area contributed by atoms with Gasteiger partial charge in [0.05, 0.1) is 17.6 Å². The maximum atomic E-state index is 13.6. The Morgan fingerprint density at radius 2 is 2.35 bits per heavy atom. The van der Waals surface area contributed by atoms with Crippen molar-refractivity contribution in [3.8, 4) is 0 Å². The van der Waals surface area contributed by atoms with Crippen LogP contribution in [0.3, 0.4) is 0 Å². The van der Waals surface area contributed by atoms with Gasteiger partial charge in [0.2, 0.25) is 0 Å². The van der Waals surface area contributed by atoms with E-state index >= 15 is 0 Å². The number of rotatable bonds is 2. The Hall–Kier alpha value is -2.18. The van der Waals surface area contributed by atoms with Gasteiger partial charge in [-0.1, -0.05) is 0 Å². The Kier molecular flexibility index (Phi) is 2.90. The second-order valence-corrected chi connectivity index (χ2v) is 3.58. The Labute approximate surface area is 96.1 Å². The summed E-state index contributed by atoms with van der Waals surface area (Å²) >= 11 is 0. The number of aliphatic imine (C=N–C) groups is 1. The van der Waals surface area contributed by atoms with Crippen molar-refractivity contribution in [3.63, 3.8) is 0 Å². The van der Waals surface area contributed by atoms with Crippen molar-refractivity contribution in [1.29, 1.82) is 0 Å². The molecule has 0 fully saturated rings. The number of amidine groups is 1. The van der Waals surface area contributed by atoms with Crippen molar-refractivity contribution in [2.24, 2.45) is 10.7 Å². The highest BCUT2D eigenvalue weighted by atomic mass is 19.1. The molecule has 6 nitrogen and oxygen atoms in total. The molecule has 2 N–H and O–H groups in total. The SMILES string of the molecule is NC1=NC(c2cc([N+](=O)[O-])ccc2F)CCO1. The van der Waals surface area contributed by atoms with Crippen LogP contribution >= 0.6 is 0 Å². The molecule has 0 saturated carbocycles. The molecule has 0 amide bonds. The smallest absolute Gasteiger partial charge is 0.282 e. The molecule has 1 aliphatic rings. The van der Waals surface area contributed by atoms with Crippen LogP contribution in [0.4, 0.5) is 10.1 Å². The van der Waals surface area contributed by atoms with Gasteiger partial charge in [0.15, 0.2) is 0 Å². The summed E-state index contributed by atoms with van der Waals surface area (Å²) in [4.78, 5) is 14.0. The number of benzene rings is 1. The second kappa shape index (κ2) is 4.36. The van der Waals surface area contributed by atoms with E-state index in [1.807, 2.05) is 0 Å². The van der Waals surface area contributed by atoms with Gasteiger partial charge in [-0.15, -0.1) is 0 Å². The number of hydrogen-bond acceptors (Lipinski definition) is 5. The molecule has 7 heteroatoms. The number of halogens is 1. The number of nitrogens with two attached hydrogens (primary N) is 1. The van der Waals surface area contributed by atoms with Crippen LogP contribution in [0, 0.1) is 15.9 Å². The van der Waals surface area contributed by atoms with Crippen LogP contribution in [-0.4, -0.2) is 17.6 Å². The van der Waals surface area contributed by atoms with Crippen LogP contribution in [0.15, 0.2) is 23.2 Å². The summed E-state index contributed by atoms with van der Waals surface area (Å²) in [6.45, 7) is 0.322. The van der Waals surface area contributed by atoms with E-state index in [9.17, 15) is 14.5 Å². The zero-order valence-electron chi connectivity index (χ0n) is 8.80. The third kappa shape index (κ3) is 2.32. The fourth-order valence-electron chi connectivity index (χ4n) is 1.66. The second-order valence-electron chi connectivity index (χ2n) is 3.58. The molecule has 0 bridgehead atoms. The van der Waals surface area contributed by atoms with Gasteiger partial charge < -0.3 is 10.5 Å². The molecule has 17 heavy (non-hydrogen) atoms. The van der Waals surface area contributed by atoms with Gasteiger partial charge in [0.25, 0.3) is 11.7 Å². The van der Waals surface area contributed by atoms with Crippen LogP contribution in [0.1, 0.15) is 18.0 Å². The molecule has 1 atom stereocenters. The van der Waals surface area contributed by atoms with Crippen LogP contribution in [0.5, 0.6) is 0 Å². The molecule has 2 rings (SSSR count). The van der Waals surface area contributed by atoms with E-state index in [-0.39, 0.29) is 17.3 Å². The maximum Gasteiger partial charge on any atom is 0.282 e. The average molecular weight is 239 g/mol. The van der Waals surface area contributed by atoms with Gasteiger partial charge >= 0.3 is 0 Å². The molecule has 0 aromatic heterocycles. The highest BCUT2D eigenvalue weighted by Crippen LogP contribution is 2.29. The molecular formula is C10H10FN3O3. The monoisotopic (exact) mass is 239 g/mol. The predicted octanol–water partition coefficient (Wildman–Crippen LogP) is 1.51. The van der Waals surface area contributed by atoms with Crippen LogP contribution in [0.2, 0.25) is 0 Å². The van der Waals surface area contributed by atoms with E-state index in [0.717, 1.165) is 12.1 Å². The first-order valence-corrected chi connectivity index (χ1v) is 4.98. The average Bonchev–Trinajstić information content (AvgIpc) is 2.29. The molecule has 1 unspecified atom stereocenters. The summed E-state index contributed by atoms with van der Waals surface area (Å²) in [5, 5.41) is 10.6. The summed E-state index contributed by atoms with van der Waals surface area (Å²) in [5.41, 5.74) is 5.39. The van der Waals surface area contributed by atoms with Gasteiger partial charge in [-0.3, -0.25) is 10.1 Å². The number of non-ortho nitro benzene ring substituents is 1. The minimum Gasteiger partial charge on any atom is -0.465 e. The van der Waals surface area contributed by atoms with Crippen LogP contribution in [0.25, 0.3) is 0 Å². The van der Waals surface area contributed by atoms with E-state index in [1.54, 1.807) is 0 Å². The zero-order valence-corrected chi connectivity index (χ0v) is 8.80. The molecule has 0 radical (unpaired) electrons. The van der Waals surface area contributed by atoms with Crippen molar-refractivity contribution >= 4 is 11.7 Å². The van der Waals surface area contributed by atoms with Gasteiger partial charge in [-0.05, 0) is 6.07 Å². The molecule has 0 aliphatic carbocycles. The van der Waals surface area contributed by atoms with Gasteiger partial charge in [0, 0.05) is 24.1 Å². The van der Waals surface area contributed by atoms with E-state index in [0.29, 0.717) is 13.0 Å². The van der Waals surface area contributed by atoms with E-state index in [1.165, 1.54) is 6.07 Å².